The van der Waals surface area contributed by atoms with Gasteiger partial charge in [-0.3, -0.25) is 14.9 Å². The van der Waals surface area contributed by atoms with Crippen molar-refractivity contribution in [3.63, 3.8) is 0 Å². The molecule has 6 nitrogen and oxygen atoms in total. The van der Waals surface area contributed by atoms with Gasteiger partial charge >= 0.3 is 11.8 Å². The standard InChI is InChI=1S/C16H19N3O3/c1-3-4-5-12-6-8-13(9-7-12)17-15(20)16(21)18-14-10-11(2)22-19-14/h6-10H,3-5H2,1-2H3,(H,17,20)(H,18,19,21). The maximum Gasteiger partial charge on any atom is 0.315 e. The van der Waals surface area contributed by atoms with Crippen LogP contribution in [0.15, 0.2) is 34.9 Å². The molecule has 2 N–H and O–H groups in total. The van der Waals surface area contributed by atoms with Crippen molar-refractivity contribution in [1.82, 2.24) is 5.16 Å². The first-order valence-corrected chi connectivity index (χ1v) is 7.23. The minimum atomic E-state index is -0.789. The van der Waals surface area contributed by atoms with Crippen LogP contribution in [0.4, 0.5) is 11.5 Å². The predicted octanol–water partition coefficient (Wildman–Crippen LogP) is 2.90. The van der Waals surface area contributed by atoms with Crippen molar-refractivity contribution in [2.75, 3.05) is 10.6 Å². The highest BCUT2D eigenvalue weighted by Crippen LogP contribution is 2.12. The summed E-state index contributed by atoms with van der Waals surface area (Å²) in [6.07, 6.45) is 3.28. The van der Waals surface area contributed by atoms with Crippen LogP contribution in [0.1, 0.15) is 31.1 Å². The predicted molar refractivity (Wildman–Crippen MR) is 83.6 cm³/mol. The zero-order valence-electron chi connectivity index (χ0n) is 12.7. The molecule has 2 amide bonds. The fraction of sp³-hybridized carbons (Fsp3) is 0.312. The van der Waals surface area contributed by atoms with E-state index in [0.29, 0.717) is 11.4 Å². The van der Waals surface area contributed by atoms with Gasteiger partial charge in [-0.25, -0.2) is 0 Å². The van der Waals surface area contributed by atoms with Gasteiger partial charge in [-0.2, -0.15) is 0 Å². The lowest BCUT2D eigenvalue weighted by Gasteiger charge is -2.06. The van der Waals surface area contributed by atoms with Crippen LogP contribution in [-0.2, 0) is 16.0 Å². The molecule has 1 aromatic heterocycles. The molecule has 0 bridgehead atoms. The molecule has 0 saturated carbocycles. The van der Waals surface area contributed by atoms with Gasteiger partial charge < -0.3 is 9.84 Å². The van der Waals surface area contributed by atoms with E-state index in [2.05, 4.69) is 22.7 Å². The van der Waals surface area contributed by atoms with Crippen molar-refractivity contribution in [1.29, 1.82) is 0 Å². The monoisotopic (exact) mass is 301 g/mol. The molecule has 2 aromatic rings. The Labute approximate surface area is 128 Å². The fourth-order valence-electron chi connectivity index (χ4n) is 1.92. The van der Waals surface area contributed by atoms with E-state index in [1.165, 1.54) is 11.6 Å². The number of carbonyl (C=O) groups excluding carboxylic acids is 2. The normalized spacial score (nSPS) is 10.3. The van der Waals surface area contributed by atoms with Crippen molar-refractivity contribution in [3.8, 4) is 0 Å². The van der Waals surface area contributed by atoms with Crippen molar-refractivity contribution in [2.24, 2.45) is 0 Å². The molecular formula is C16H19N3O3. The molecule has 116 valence electrons. The third-order valence-corrected chi connectivity index (χ3v) is 3.11. The molecule has 0 fully saturated rings. The second-order valence-electron chi connectivity index (χ2n) is 5.03. The Balaban J connectivity index is 1.89. The average molecular weight is 301 g/mol. The molecule has 0 radical (unpaired) electrons. The lowest BCUT2D eigenvalue weighted by atomic mass is 10.1. The highest BCUT2D eigenvalue weighted by Gasteiger charge is 2.15. The van der Waals surface area contributed by atoms with Gasteiger partial charge in [-0.15, -0.1) is 0 Å². The van der Waals surface area contributed by atoms with Gasteiger partial charge in [-0.1, -0.05) is 30.6 Å². The summed E-state index contributed by atoms with van der Waals surface area (Å²) in [7, 11) is 0. The lowest BCUT2D eigenvalue weighted by Crippen LogP contribution is -2.29. The molecule has 2 rings (SSSR count). The number of hydrogen-bond donors (Lipinski definition) is 2. The number of hydrogen-bond acceptors (Lipinski definition) is 4. The number of anilines is 2. The SMILES string of the molecule is CCCCc1ccc(NC(=O)C(=O)Nc2cc(C)on2)cc1. The summed E-state index contributed by atoms with van der Waals surface area (Å²) in [4.78, 5) is 23.5. The van der Waals surface area contributed by atoms with Gasteiger partial charge in [0.05, 0.1) is 0 Å². The third kappa shape index (κ3) is 4.44. The molecule has 22 heavy (non-hydrogen) atoms. The Morgan fingerprint density at radius 1 is 1.14 bits per heavy atom. The van der Waals surface area contributed by atoms with Crippen molar-refractivity contribution >= 4 is 23.3 Å². The molecule has 0 saturated heterocycles. The van der Waals surface area contributed by atoms with E-state index in [1.54, 1.807) is 19.1 Å². The zero-order chi connectivity index (χ0) is 15.9. The van der Waals surface area contributed by atoms with E-state index < -0.39 is 11.8 Å². The zero-order valence-corrected chi connectivity index (χ0v) is 12.7. The number of nitrogens with zero attached hydrogens (tertiary/aromatic N) is 1. The van der Waals surface area contributed by atoms with Crippen LogP contribution in [0.2, 0.25) is 0 Å². The fourth-order valence-corrected chi connectivity index (χ4v) is 1.92. The van der Waals surface area contributed by atoms with E-state index >= 15 is 0 Å². The number of carbonyl (C=O) groups is 2. The molecule has 0 atom stereocenters. The Morgan fingerprint density at radius 2 is 1.82 bits per heavy atom. The van der Waals surface area contributed by atoms with E-state index in [4.69, 9.17) is 4.52 Å². The summed E-state index contributed by atoms with van der Waals surface area (Å²) in [5.41, 5.74) is 1.79. The first-order valence-electron chi connectivity index (χ1n) is 7.23. The number of benzene rings is 1. The van der Waals surface area contributed by atoms with E-state index in [0.717, 1.165) is 19.3 Å². The second-order valence-corrected chi connectivity index (χ2v) is 5.03. The first kappa shape index (κ1) is 15.8. The number of unbranched alkanes of at least 4 members (excludes halogenated alkanes) is 1. The Hall–Kier alpha value is -2.63. The molecule has 6 heteroatoms. The minimum absolute atomic E-state index is 0.215. The molecule has 0 aliphatic carbocycles. The average Bonchev–Trinajstić information content (AvgIpc) is 2.91. The third-order valence-electron chi connectivity index (χ3n) is 3.11. The number of aromatic nitrogens is 1. The first-order chi connectivity index (χ1) is 10.6. The number of aryl methyl sites for hydroxylation is 2. The number of amides is 2. The van der Waals surface area contributed by atoms with Crippen LogP contribution < -0.4 is 10.6 Å². The van der Waals surface area contributed by atoms with Crippen molar-refractivity contribution in [2.45, 2.75) is 33.1 Å². The highest BCUT2D eigenvalue weighted by atomic mass is 16.5. The van der Waals surface area contributed by atoms with Crippen molar-refractivity contribution < 1.29 is 14.1 Å². The van der Waals surface area contributed by atoms with Gasteiger partial charge in [0.15, 0.2) is 5.82 Å². The Bertz CT molecular complexity index is 647. The Morgan fingerprint density at radius 3 is 2.41 bits per heavy atom. The van der Waals surface area contributed by atoms with Gasteiger partial charge in [-0.05, 0) is 37.5 Å². The number of nitrogens with one attached hydrogen (secondary N) is 2. The van der Waals surface area contributed by atoms with Crippen LogP contribution in [0.3, 0.4) is 0 Å². The number of rotatable bonds is 5. The second kappa shape index (κ2) is 7.40. The van der Waals surface area contributed by atoms with Crippen LogP contribution in [0.25, 0.3) is 0 Å². The summed E-state index contributed by atoms with van der Waals surface area (Å²) in [6.45, 7) is 3.84. The van der Waals surface area contributed by atoms with Crippen LogP contribution in [0, 0.1) is 6.92 Å². The summed E-state index contributed by atoms with van der Waals surface area (Å²) in [6, 6.07) is 9.01. The van der Waals surface area contributed by atoms with Gasteiger partial charge in [0.1, 0.15) is 5.76 Å². The largest absolute Gasteiger partial charge is 0.360 e. The smallest absolute Gasteiger partial charge is 0.315 e. The maximum atomic E-state index is 11.8. The highest BCUT2D eigenvalue weighted by molar-refractivity contribution is 6.43. The van der Waals surface area contributed by atoms with Gasteiger partial charge in [0.25, 0.3) is 0 Å². The summed E-state index contributed by atoms with van der Waals surface area (Å²) in [5, 5.41) is 8.51. The topological polar surface area (TPSA) is 84.2 Å². The van der Waals surface area contributed by atoms with Crippen LogP contribution >= 0.6 is 0 Å². The van der Waals surface area contributed by atoms with E-state index in [-0.39, 0.29) is 5.82 Å². The van der Waals surface area contributed by atoms with E-state index in [9.17, 15) is 9.59 Å². The summed E-state index contributed by atoms with van der Waals surface area (Å²) >= 11 is 0. The molecule has 1 heterocycles. The maximum absolute atomic E-state index is 11.8. The lowest BCUT2D eigenvalue weighted by molar-refractivity contribution is -0.133. The molecule has 0 spiro atoms. The quantitative estimate of drug-likeness (QED) is 0.832. The van der Waals surface area contributed by atoms with E-state index in [1.807, 2.05) is 12.1 Å². The van der Waals surface area contributed by atoms with Crippen LogP contribution in [-0.4, -0.2) is 17.0 Å². The molecule has 0 unspecified atom stereocenters. The Kier molecular flexibility index (Phi) is 5.30. The van der Waals surface area contributed by atoms with Gasteiger partial charge in [0.2, 0.25) is 0 Å². The molecule has 0 aliphatic heterocycles. The summed E-state index contributed by atoms with van der Waals surface area (Å²) < 4.78 is 4.81. The van der Waals surface area contributed by atoms with Crippen molar-refractivity contribution in [3.05, 3.63) is 41.7 Å². The van der Waals surface area contributed by atoms with Crippen LogP contribution in [0.5, 0.6) is 0 Å². The molecule has 1 aromatic carbocycles. The minimum Gasteiger partial charge on any atom is -0.360 e. The van der Waals surface area contributed by atoms with Gasteiger partial charge in [0, 0.05) is 11.8 Å². The molecular weight excluding hydrogens is 282 g/mol. The molecule has 0 aliphatic rings. The summed E-state index contributed by atoms with van der Waals surface area (Å²) in [5.74, 6) is -0.767.